The van der Waals surface area contributed by atoms with Gasteiger partial charge in [0, 0.05) is 25.8 Å². The molecule has 0 unspecified atom stereocenters. The van der Waals surface area contributed by atoms with Crippen LogP contribution in [-0.4, -0.2) is 70.6 Å². The topological polar surface area (TPSA) is 108 Å². The molecular formula is C17H24N6O4S. The van der Waals surface area contributed by atoms with E-state index in [1.54, 1.807) is 13.0 Å². The Morgan fingerprint density at radius 2 is 2.18 bits per heavy atom. The minimum absolute atomic E-state index is 0.155. The van der Waals surface area contributed by atoms with Gasteiger partial charge >= 0.3 is 0 Å². The number of ether oxygens (including phenoxy) is 2. The van der Waals surface area contributed by atoms with Crippen LogP contribution < -0.4 is 10.2 Å². The number of anilines is 2. The van der Waals surface area contributed by atoms with Crippen molar-refractivity contribution >= 4 is 29.4 Å². The zero-order chi connectivity index (χ0) is 19.3. The van der Waals surface area contributed by atoms with Gasteiger partial charge in [0.05, 0.1) is 31.6 Å². The van der Waals surface area contributed by atoms with Crippen molar-refractivity contribution in [1.82, 2.24) is 19.9 Å². The van der Waals surface area contributed by atoms with E-state index >= 15 is 0 Å². The molecule has 4 rings (SSSR count). The standard InChI is InChI=1S/C17H24N6O4S/c1-12-9-14(21-27-12)18-15(24)11-28-17-20-19-16(22-4-7-25-8-5-22)23(17)10-13-3-2-6-26-13/h9,13H,2-8,10-11H2,1H3,(H,18,21,24)/t13-/m0/s1. The van der Waals surface area contributed by atoms with Gasteiger partial charge in [-0.05, 0) is 19.8 Å². The number of carbonyl (C=O) groups excluding carboxylic acids is 1. The van der Waals surface area contributed by atoms with Gasteiger partial charge in [0.1, 0.15) is 5.76 Å². The number of aromatic nitrogens is 4. The second kappa shape index (κ2) is 8.93. The molecule has 2 saturated heterocycles. The third-order valence-electron chi connectivity index (χ3n) is 4.63. The average molecular weight is 408 g/mol. The van der Waals surface area contributed by atoms with Gasteiger partial charge < -0.3 is 24.2 Å². The van der Waals surface area contributed by atoms with Crippen LogP contribution in [0.2, 0.25) is 0 Å². The van der Waals surface area contributed by atoms with Gasteiger partial charge in [0.2, 0.25) is 11.9 Å². The fourth-order valence-electron chi connectivity index (χ4n) is 3.27. The number of rotatable bonds is 7. The van der Waals surface area contributed by atoms with Gasteiger partial charge in [-0.15, -0.1) is 10.2 Å². The Bertz CT molecular complexity index is 797. The quantitative estimate of drug-likeness (QED) is 0.679. The Labute approximate surface area is 166 Å². The first kappa shape index (κ1) is 19.2. The molecule has 1 N–H and O–H groups in total. The Morgan fingerprint density at radius 1 is 1.32 bits per heavy atom. The third kappa shape index (κ3) is 4.65. The van der Waals surface area contributed by atoms with E-state index in [1.807, 2.05) is 0 Å². The lowest BCUT2D eigenvalue weighted by atomic mass is 10.2. The van der Waals surface area contributed by atoms with E-state index in [0.29, 0.717) is 36.5 Å². The van der Waals surface area contributed by atoms with Gasteiger partial charge in [0.25, 0.3) is 0 Å². The molecule has 0 aromatic carbocycles. The summed E-state index contributed by atoms with van der Waals surface area (Å²) in [5, 5.41) is 15.9. The fourth-order valence-corrected chi connectivity index (χ4v) is 4.01. The number of carbonyl (C=O) groups is 1. The first-order valence-electron chi connectivity index (χ1n) is 9.42. The summed E-state index contributed by atoms with van der Waals surface area (Å²) < 4.78 is 18.3. The molecule has 11 heteroatoms. The van der Waals surface area contributed by atoms with Crippen LogP contribution >= 0.6 is 11.8 Å². The van der Waals surface area contributed by atoms with Crippen molar-refractivity contribution in [2.45, 2.75) is 37.6 Å². The van der Waals surface area contributed by atoms with Gasteiger partial charge in [-0.25, -0.2) is 0 Å². The molecule has 0 spiro atoms. The van der Waals surface area contributed by atoms with Crippen LogP contribution in [0.1, 0.15) is 18.6 Å². The summed E-state index contributed by atoms with van der Waals surface area (Å²) in [7, 11) is 0. The van der Waals surface area contributed by atoms with Crippen molar-refractivity contribution in [1.29, 1.82) is 0 Å². The summed E-state index contributed by atoms with van der Waals surface area (Å²) in [6.45, 7) is 6.16. The molecule has 0 aliphatic carbocycles. The van der Waals surface area contributed by atoms with Crippen LogP contribution in [0.15, 0.2) is 15.7 Å². The fraction of sp³-hybridized carbons (Fsp3) is 0.647. The highest BCUT2D eigenvalue weighted by molar-refractivity contribution is 7.99. The highest BCUT2D eigenvalue weighted by Crippen LogP contribution is 2.26. The number of hydrogen-bond acceptors (Lipinski definition) is 9. The van der Waals surface area contributed by atoms with Crippen LogP contribution in [0.3, 0.4) is 0 Å². The molecule has 152 valence electrons. The summed E-state index contributed by atoms with van der Waals surface area (Å²) in [5.74, 6) is 1.91. The number of thioether (sulfide) groups is 1. The number of nitrogens with one attached hydrogen (secondary N) is 1. The van der Waals surface area contributed by atoms with Crippen molar-refractivity contribution in [3.8, 4) is 0 Å². The first-order chi connectivity index (χ1) is 13.7. The summed E-state index contributed by atoms with van der Waals surface area (Å²) in [4.78, 5) is 14.4. The van der Waals surface area contributed by atoms with E-state index in [0.717, 1.165) is 38.5 Å². The predicted molar refractivity (Wildman–Crippen MR) is 103 cm³/mol. The number of amides is 1. The summed E-state index contributed by atoms with van der Waals surface area (Å²) in [5.41, 5.74) is 0. The summed E-state index contributed by atoms with van der Waals surface area (Å²) >= 11 is 1.35. The van der Waals surface area contributed by atoms with Crippen molar-refractivity contribution < 1.29 is 18.8 Å². The van der Waals surface area contributed by atoms with E-state index in [1.165, 1.54) is 11.8 Å². The molecule has 1 amide bonds. The first-order valence-corrected chi connectivity index (χ1v) is 10.4. The molecule has 2 aliphatic rings. The number of aryl methyl sites for hydroxylation is 1. The molecule has 2 aromatic heterocycles. The Hall–Kier alpha value is -2.11. The predicted octanol–water partition coefficient (Wildman–Crippen LogP) is 1.32. The largest absolute Gasteiger partial charge is 0.378 e. The van der Waals surface area contributed by atoms with Gasteiger partial charge in [-0.1, -0.05) is 16.9 Å². The summed E-state index contributed by atoms with van der Waals surface area (Å²) in [6.07, 6.45) is 2.25. The van der Waals surface area contributed by atoms with E-state index in [2.05, 4.69) is 30.1 Å². The number of hydrogen-bond donors (Lipinski definition) is 1. The van der Waals surface area contributed by atoms with E-state index in [4.69, 9.17) is 14.0 Å². The monoisotopic (exact) mass is 408 g/mol. The maximum atomic E-state index is 12.2. The Morgan fingerprint density at radius 3 is 2.89 bits per heavy atom. The van der Waals surface area contributed by atoms with Crippen molar-refractivity contribution in [3.63, 3.8) is 0 Å². The van der Waals surface area contributed by atoms with Crippen molar-refractivity contribution in [2.75, 3.05) is 48.9 Å². The minimum Gasteiger partial charge on any atom is -0.378 e. The van der Waals surface area contributed by atoms with Crippen molar-refractivity contribution in [3.05, 3.63) is 11.8 Å². The lowest BCUT2D eigenvalue weighted by molar-refractivity contribution is -0.113. The Kier molecular flexibility index (Phi) is 6.13. The van der Waals surface area contributed by atoms with Gasteiger partial charge in [0.15, 0.2) is 11.0 Å². The maximum absolute atomic E-state index is 12.2. The van der Waals surface area contributed by atoms with Crippen LogP contribution in [-0.2, 0) is 20.8 Å². The second-order valence-electron chi connectivity index (χ2n) is 6.79. The lowest BCUT2D eigenvalue weighted by Gasteiger charge is -2.28. The maximum Gasteiger partial charge on any atom is 0.236 e. The van der Waals surface area contributed by atoms with Gasteiger partial charge in [-0.3, -0.25) is 9.36 Å². The molecule has 1 atom stereocenters. The molecular weight excluding hydrogens is 384 g/mol. The molecule has 2 fully saturated rings. The minimum atomic E-state index is -0.169. The normalized spacial score (nSPS) is 19.9. The molecule has 10 nitrogen and oxygen atoms in total. The van der Waals surface area contributed by atoms with Gasteiger partial charge in [-0.2, -0.15) is 0 Å². The molecule has 0 saturated carbocycles. The molecule has 28 heavy (non-hydrogen) atoms. The van der Waals surface area contributed by atoms with Crippen LogP contribution in [0.5, 0.6) is 0 Å². The second-order valence-corrected chi connectivity index (χ2v) is 7.73. The molecule has 4 heterocycles. The zero-order valence-corrected chi connectivity index (χ0v) is 16.6. The van der Waals surface area contributed by atoms with Crippen LogP contribution in [0.4, 0.5) is 11.8 Å². The molecule has 2 aliphatic heterocycles. The average Bonchev–Trinajstić information content (AvgIpc) is 3.44. The zero-order valence-electron chi connectivity index (χ0n) is 15.8. The van der Waals surface area contributed by atoms with E-state index in [9.17, 15) is 4.79 Å². The highest BCUT2D eigenvalue weighted by atomic mass is 32.2. The highest BCUT2D eigenvalue weighted by Gasteiger charge is 2.25. The SMILES string of the molecule is Cc1cc(NC(=O)CSc2nnc(N3CCOCC3)n2C[C@@H]2CCCO2)no1. The van der Waals surface area contributed by atoms with Crippen molar-refractivity contribution in [2.24, 2.45) is 0 Å². The van der Waals surface area contributed by atoms with Crippen LogP contribution in [0, 0.1) is 6.92 Å². The number of morpholine rings is 1. The molecule has 0 radical (unpaired) electrons. The number of nitrogens with zero attached hydrogens (tertiary/aromatic N) is 5. The van der Waals surface area contributed by atoms with E-state index in [-0.39, 0.29) is 17.8 Å². The lowest BCUT2D eigenvalue weighted by Crippen LogP contribution is -2.38. The summed E-state index contributed by atoms with van der Waals surface area (Å²) in [6, 6.07) is 1.68. The smallest absolute Gasteiger partial charge is 0.236 e. The molecule has 0 bridgehead atoms. The Balaban J connectivity index is 1.44. The van der Waals surface area contributed by atoms with Crippen LogP contribution in [0.25, 0.3) is 0 Å². The third-order valence-corrected chi connectivity index (χ3v) is 5.60. The van der Waals surface area contributed by atoms with E-state index < -0.39 is 0 Å². The molecule has 2 aromatic rings.